The van der Waals surface area contributed by atoms with E-state index >= 15 is 0 Å². The summed E-state index contributed by atoms with van der Waals surface area (Å²) in [6, 6.07) is 4.87. The minimum atomic E-state index is -3.09. The van der Waals surface area contributed by atoms with Gasteiger partial charge in [0, 0.05) is 18.9 Å². The van der Waals surface area contributed by atoms with Crippen molar-refractivity contribution in [3.05, 3.63) is 35.9 Å². The van der Waals surface area contributed by atoms with Crippen LogP contribution in [0.4, 0.5) is 13.6 Å². The van der Waals surface area contributed by atoms with Crippen molar-refractivity contribution >= 4 is 29.6 Å². The van der Waals surface area contributed by atoms with E-state index < -0.39 is 89.5 Å². The zero-order chi connectivity index (χ0) is 33.0. The first-order valence-electron chi connectivity index (χ1n) is 15.3. The molecule has 4 amide bonds. The fourth-order valence-electron chi connectivity index (χ4n) is 6.07. The predicted molar refractivity (Wildman–Crippen MR) is 160 cm³/mol. The van der Waals surface area contributed by atoms with Gasteiger partial charge in [0.15, 0.2) is 0 Å². The number of ether oxygens (including phenoxy) is 1. The number of ketones is 1. The quantitative estimate of drug-likeness (QED) is 0.319. The summed E-state index contributed by atoms with van der Waals surface area (Å²) in [5.41, 5.74) is -0.0694. The van der Waals surface area contributed by atoms with Gasteiger partial charge in [-0.05, 0) is 50.5 Å². The molecule has 3 rings (SSSR count). The van der Waals surface area contributed by atoms with Crippen LogP contribution >= 0.6 is 0 Å². The Labute approximate surface area is 258 Å². The number of benzene rings is 1. The molecular formula is C32H46F2N4O6. The van der Waals surface area contributed by atoms with Gasteiger partial charge in [0.2, 0.25) is 17.6 Å². The lowest BCUT2D eigenvalue weighted by atomic mass is 9.85. The minimum Gasteiger partial charge on any atom is -0.447 e. The lowest BCUT2D eigenvalue weighted by molar-refractivity contribution is -0.145. The number of likely N-dealkylation sites (tertiary alicyclic amines) is 1. The normalized spacial score (nSPS) is 22.9. The van der Waals surface area contributed by atoms with Crippen molar-refractivity contribution in [2.75, 3.05) is 6.54 Å². The lowest BCUT2D eigenvalue weighted by Gasteiger charge is -2.36. The Morgan fingerprint density at radius 2 is 1.66 bits per heavy atom. The lowest BCUT2D eigenvalue weighted by Crippen LogP contribution is -2.60. The van der Waals surface area contributed by atoms with Gasteiger partial charge in [-0.3, -0.25) is 19.2 Å². The largest absolute Gasteiger partial charge is 0.447 e. The highest BCUT2D eigenvalue weighted by atomic mass is 19.3. The molecule has 1 saturated carbocycles. The number of carbonyl (C=O) groups is 5. The molecular weight excluding hydrogens is 574 g/mol. The van der Waals surface area contributed by atoms with E-state index in [1.807, 2.05) is 18.2 Å². The number of hydrogen-bond acceptors (Lipinski definition) is 6. The first-order valence-corrected chi connectivity index (χ1v) is 15.3. The molecule has 1 aliphatic heterocycles. The summed E-state index contributed by atoms with van der Waals surface area (Å²) < 4.78 is 35.1. The van der Waals surface area contributed by atoms with E-state index in [1.165, 1.54) is 0 Å². The summed E-state index contributed by atoms with van der Waals surface area (Å²) in [5.74, 6) is -8.44. The molecule has 1 aliphatic carbocycles. The van der Waals surface area contributed by atoms with Crippen LogP contribution in [-0.4, -0.2) is 71.2 Å². The van der Waals surface area contributed by atoms with Crippen LogP contribution in [-0.2, 0) is 23.9 Å². The maximum atomic E-state index is 15.0. The number of Topliss-reactive ketones (excluding diaryl/α,β-unsaturated/α-hetero) is 1. The second-order valence-corrected chi connectivity index (χ2v) is 13.2. The van der Waals surface area contributed by atoms with Gasteiger partial charge in [0.1, 0.15) is 12.1 Å². The molecule has 0 bridgehead atoms. The molecule has 1 aromatic rings. The Morgan fingerprint density at radius 3 is 2.23 bits per heavy atom. The molecule has 0 aromatic heterocycles. The summed E-state index contributed by atoms with van der Waals surface area (Å²) >= 11 is 0. The molecule has 3 N–H and O–H groups in total. The maximum absolute atomic E-state index is 15.0. The number of hydrogen-bond donors (Lipinski definition) is 3. The number of alkyl halides is 2. The molecule has 6 atom stereocenters. The van der Waals surface area contributed by atoms with E-state index in [1.54, 1.807) is 60.6 Å². The Bertz CT molecular complexity index is 1220. The monoisotopic (exact) mass is 620 g/mol. The predicted octanol–water partition coefficient (Wildman–Crippen LogP) is 4.14. The third kappa shape index (κ3) is 8.12. The number of fused-ring (bicyclic) bond motifs is 1. The van der Waals surface area contributed by atoms with Crippen molar-refractivity contribution in [3.8, 4) is 0 Å². The van der Waals surface area contributed by atoms with Gasteiger partial charge in [0.05, 0.1) is 18.2 Å². The number of amides is 4. The van der Waals surface area contributed by atoms with Gasteiger partial charge >= 0.3 is 6.09 Å². The molecule has 0 spiro atoms. The van der Waals surface area contributed by atoms with Gasteiger partial charge in [-0.2, -0.15) is 0 Å². The summed E-state index contributed by atoms with van der Waals surface area (Å²) in [4.78, 5) is 67.6. The summed E-state index contributed by atoms with van der Waals surface area (Å²) in [7, 11) is 0. The first-order chi connectivity index (χ1) is 20.5. The number of alkyl carbamates (subject to hydrolysis) is 1. The Kier molecular flexibility index (Phi) is 11.1. The van der Waals surface area contributed by atoms with Crippen molar-refractivity contribution in [1.29, 1.82) is 0 Å². The summed E-state index contributed by atoms with van der Waals surface area (Å²) in [6.45, 7) is 11.5. The van der Waals surface area contributed by atoms with Gasteiger partial charge < -0.3 is 25.6 Å². The second-order valence-electron chi connectivity index (χ2n) is 13.2. The number of nitrogens with zero attached hydrogens (tertiary/aromatic N) is 1. The standard InChI is InChI=1S/C32H46F2N4O6/c1-8-12-23(25(39)28(41)35-19(4)20-13-10-9-11-14-20)36-27(40)24-21-15-16-32(33,34)22(21)17-38(24)29(42)26(31(5,6)7)37-30(43)44-18(2)3/h9-11,13-14,18-19,21-24,26H,8,12,15-17H2,1-7H3,(H,35,41)(H,36,40)(H,37,43)/t19-,21-,22-,23?,24-,26+/m0/s1. The third-order valence-corrected chi connectivity index (χ3v) is 8.36. The number of carbonyl (C=O) groups excluding carboxylic acids is 5. The maximum Gasteiger partial charge on any atom is 0.408 e. The molecule has 1 saturated heterocycles. The van der Waals surface area contributed by atoms with Crippen LogP contribution in [0.5, 0.6) is 0 Å². The van der Waals surface area contributed by atoms with Crippen molar-refractivity contribution in [1.82, 2.24) is 20.9 Å². The third-order valence-electron chi connectivity index (χ3n) is 8.36. The zero-order valence-corrected chi connectivity index (χ0v) is 26.6. The summed E-state index contributed by atoms with van der Waals surface area (Å²) in [6.07, 6.45) is -1.14. The molecule has 12 heteroatoms. The van der Waals surface area contributed by atoms with Crippen molar-refractivity contribution in [2.45, 2.75) is 110 Å². The molecule has 1 heterocycles. The highest BCUT2D eigenvalue weighted by molar-refractivity contribution is 6.38. The second kappa shape index (κ2) is 14.0. The fraction of sp³-hybridized carbons (Fsp3) is 0.656. The number of halogens is 2. The zero-order valence-electron chi connectivity index (χ0n) is 26.6. The Balaban J connectivity index is 1.86. The number of rotatable bonds is 11. The van der Waals surface area contributed by atoms with Gasteiger partial charge in [-0.1, -0.05) is 64.4 Å². The van der Waals surface area contributed by atoms with Crippen LogP contribution in [0.25, 0.3) is 0 Å². The molecule has 10 nitrogen and oxygen atoms in total. The van der Waals surface area contributed by atoms with Crippen LogP contribution in [0.3, 0.4) is 0 Å². The van der Waals surface area contributed by atoms with Crippen LogP contribution in [0.15, 0.2) is 30.3 Å². The molecule has 44 heavy (non-hydrogen) atoms. The van der Waals surface area contributed by atoms with E-state index in [4.69, 9.17) is 4.74 Å². The fourth-order valence-corrected chi connectivity index (χ4v) is 6.07. The molecule has 244 valence electrons. The molecule has 1 aromatic carbocycles. The van der Waals surface area contributed by atoms with E-state index in [-0.39, 0.29) is 19.4 Å². The smallest absolute Gasteiger partial charge is 0.408 e. The minimum absolute atomic E-state index is 0.00397. The van der Waals surface area contributed by atoms with Crippen molar-refractivity contribution in [3.63, 3.8) is 0 Å². The van der Waals surface area contributed by atoms with Crippen molar-refractivity contribution < 1.29 is 37.5 Å². The Hall–Kier alpha value is -3.57. The highest BCUT2D eigenvalue weighted by Gasteiger charge is 2.61. The average molecular weight is 621 g/mol. The molecule has 2 aliphatic rings. The van der Waals surface area contributed by atoms with Gasteiger partial charge in [-0.15, -0.1) is 0 Å². The summed E-state index contributed by atoms with van der Waals surface area (Å²) in [5, 5.41) is 7.84. The van der Waals surface area contributed by atoms with Crippen LogP contribution < -0.4 is 16.0 Å². The van der Waals surface area contributed by atoms with Crippen LogP contribution in [0, 0.1) is 17.3 Å². The molecule has 2 fully saturated rings. The van der Waals surface area contributed by atoms with Crippen LogP contribution in [0.2, 0.25) is 0 Å². The van der Waals surface area contributed by atoms with E-state index in [0.717, 1.165) is 10.5 Å². The van der Waals surface area contributed by atoms with E-state index in [9.17, 15) is 32.8 Å². The average Bonchev–Trinajstić information content (AvgIpc) is 3.47. The Morgan fingerprint density at radius 1 is 1.02 bits per heavy atom. The highest BCUT2D eigenvalue weighted by Crippen LogP contribution is 2.51. The topological polar surface area (TPSA) is 134 Å². The van der Waals surface area contributed by atoms with Gasteiger partial charge in [0.25, 0.3) is 11.8 Å². The van der Waals surface area contributed by atoms with Gasteiger partial charge in [-0.25, -0.2) is 13.6 Å². The van der Waals surface area contributed by atoms with Crippen LogP contribution in [0.1, 0.15) is 85.8 Å². The van der Waals surface area contributed by atoms with E-state index in [2.05, 4.69) is 16.0 Å². The van der Waals surface area contributed by atoms with Crippen molar-refractivity contribution in [2.24, 2.45) is 17.3 Å². The molecule has 0 radical (unpaired) electrons. The first kappa shape index (κ1) is 34.9. The van der Waals surface area contributed by atoms with E-state index in [0.29, 0.717) is 6.42 Å². The SMILES string of the molecule is CCCC(NC(=O)[C@@H]1[C@H]2CCC(F)(F)[C@H]2CN1C(=O)[C@@H](NC(=O)OC(C)C)C(C)(C)C)C(=O)C(=O)N[C@@H](C)c1ccccc1. The molecule has 1 unspecified atom stereocenters. The number of nitrogens with one attached hydrogen (secondary N) is 3.